The van der Waals surface area contributed by atoms with Crippen molar-refractivity contribution in [2.24, 2.45) is 5.92 Å². The molecule has 3 nitrogen and oxygen atoms in total. The first-order chi connectivity index (χ1) is 9.15. The van der Waals surface area contributed by atoms with Gasteiger partial charge in [-0.1, -0.05) is 32.0 Å². The fourth-order valence-corrected chi connectivity index (χ4v) is 2.23. The highest BCUT2D eigenvalue weighted by Gasteiger charge is 2.25. The van der Waals surface area contributed by atoms with Crippen LogP contribution in [0.2, 0.25) is 0 Å². The van der Waals surface area contributed by atoms with Crippen LogP contribution < -0.4 is 0 Å². The molecule has 2 aromatic rings. The minimum absolute atomic E-state index is 0.0375. The molecule has 0 aliphatic carbocycles. The van der Waals surface area contributed by atoms with Crippen molar-refractivity contribution in [2.45, 2.75) is 26.9 Å². The van der Waals surface area contributed by atoms with E-state index in [-0.39, 0.29) is 11.7 Å². The van der Waals surface area contributed by atoms with Gasteiger partial charge in [0.1, 0.15) is 6.10 Å². The quantitative estimate of drug-likeness (QED) is 0.770. The highest BCUT2D eigenvalue weighted by atomic mass is 16.5. The lowest BCUT2D eigenvalue weighted by molar-refractivity contribution is 0.0281. The van der Waals surface area contributed by atoms with Crippen LogP contribution in [0, 0.1) is 5.92 Å². The SMILES string of the molecule is CCOC(C(=O)c1cccc2ccncc12)C(C)C. The second-order valence-electron chi connectivity index (χ2n) is 4.89. The molecule has 0 amide bonds. The molecule has 0 aliphatic rings. The van der Waals surface area contributed by atoms with Crippen molar-refractivity contribution in [1.29, 1.82) is 0 Å². The Kier molecular flexibility index (Phi) is 4.27. The topological polar surface area (TPSA) is 39.2 Å². The molecule has 1 unspecified atom stereocenters. The summed E-state index contributed by atoms with van der Waals surface area (Å²) in [5, 5.41) is 1.92. The molecular formula is C16H19NO2. The van der Waals surface area contributed by atoms with Crippen LogP contribution in [0.1, 0.15) is 31.1 Å². The second-order valence-corrected chi connectivity index (χ2v) is 4.89. The van der Waals surface area contributed by atoms with E-state index in [1.54, 1.807) is 12.4 Å². The highest BCUT2D eigenvalue weighted by Crippen LogP contribution is 2.22. The van der Waals surface area contributed by atoms with E-state index in [4.69, 9.17) is 4.74 Å². The van der Waals surface area contributed by atoms with Crippen molar-refractivity contribution in [1.82, 2.24) is 4.98 Å². The average molecular weight is 257 g/mol. The Labute approximate surface area is 113 Å². The van der Waals surface area contributed by atoms with Crippen molar-refractivity contribution in [3.8, 4) is 0 Å². The van der Waals surface area contributed by atoms with Crippen molar-refractivity contribution >= 4 is 16.6 Å². The Morgan fingerprint density at radius 3 is 2.79 bits per heavy atom. The Balaban J connectivity index is 2.45. The summed E-state index contributed by atoms with van der Waals surface area (Å²) in [6, 6.07) is 7.65. The molecule has 2 rings (SSSR count). The van der Waals surface area contributed by atoms with Gasteiger partial charge < -0.3 is 4.74 Å². The average Bonchev–Trinajstić information content (AvgIpc) is 2.43. The minimum Gasteiger partial charge on any atom is -0.370 e. The van der Waals surface area contributed by atoms with Gasteiger partial charge in [-0.25, -0.2) is 0 Å². The van der Waals surface area contributed by atoms with Crippen LogP contribution in [0.3, 0.4) is 0 Å². The Hall–Kier alpha value is -1.74. The van der Waals surface area contributed by atoms with Crippen molar-refractivity contribution in [2.75, 3.05) is 6.61 Å². The maximum atomic E-state index is 12.6. The molecule has 1 heterocycles. The molecule has 3 heteroatoms. The Morgan fingerprint density at radius 2 is 2.11 bits per heavy atom. The van der Waals surface area contributed by atoms with Crippen LogP contribution in [0.25, 0.3) is 10.8 Å². The number of fused-ring (bicyclic) bond motifs is 1. The Morgan fingerprint density at radius 1 is 1.32 bits per heavy atom. The van der Waals surface area contributed by atoms with Crippen LogP contribution >= 0.6 is 0 Å². The molecular weight excluding hydrogens is 238 g/mol. The zero-order valence-corrected chi connectivity index (χ0v) is 11.6. The first kappa shape index (κ1) is 13.7. The fourth-order valence-electron chi connectivity index (χ4n) is 2.23. The van der Waals surface area contributed by atoms with E-state index >= 15 is 0 Å². The highest BCUT2D eigenvalue weighted by molar-refractivity contribution is 6.10. The zero-order valence-electron chi connectivity index (χ0n) is 11.6. The first-order valence-electron chi connectivity index (χ1n) is 6.63. The van der Waals surface area contributed by atoms with Gasteiger partial charge in [0.25, 0.3) is 0 Å². The second kappa shape index (κ2) is 5.93. The molecule has 0 saturated heterocycles. The van der Waals surface area contributed by atoms with Crippen molar-refractivity contribution in [3.05, 3.63) is 42.2 Å². The third kappa shape index (κ3) is 2.82. The summed E-state index contributed by atoms with van der Waals surface area (Å²) in [6.07, 6.45) is 3.08. The van der Waals surface area contributed by atoms with Crippen LogP contribution in [0.15, 0.2) is 36.7 Å². The first-order valence-corrected chi connectivity index (χ1v) is 6.63. The molecule has 0 N–H and O–H groups in total. The molecule has 1 aromatic heterocycles. The smallest absolute Gasteiger partial charge is 0.192 e. The number of pyridine rings is 1. The molecule has 0 bridgehead atoms. The number of carbonyl (C=O) groups is 1. The van der Waals surface area contributed by atoms with Gasteiger partial charge in [0, 0.05) is 30.0 Å². The number of hydrogen-bond donors (Lipinski definition) is 0. The van der Waals surface area contributed by atoms with E-state index in [2.05, 4.69) is 4.98 Å². The van der Waals surface area contributed by atoms with E-state index in [1.807, 2.05) is 45.0 Å². The zero-order chi connectivity index (χ0) is 13.8. The van der Waals surface area contributed by atoms with Crippen LogP contribution in [-0.4, -0.2) is 23.5 Å². The number of benzene rings is 1. The van der Waals surface area contributed by atoms with E-state index < -0.39 is 6.10 Å². The largest absolute Gasteiger partial charge is 0.370 e. The third-order valence-corrected chi connectivity index (χ3v) is 3.16. The number of ketones is 1. The van der Waals surface area contributed by atoms with Gasteiger partial charge >= 0.3 is 0 Å². The number of aromatic nitrogens is 1. The molecule has 1 atom stereocenters. The molecule has 1 aromatic carbocycles. The van der Waals surface area contributed by atoms with Gasteiger partial charge in [-0.3, -0.25) is 9.78 Å². The number of rotatable bonds is 5. The predicted molar refractivity (Wildman–Crippen MR) is 76.3 cm³/mol. The summed E-state index contributed by atoms with van der Waals surface area (Å²) < 4.78 is 5.60. The third-order valence-electron chi connectivity index (χ3n) is 3.16. The number of nitrogens with zero attached hydrogens (tertiary/aromatic N) is 1. The Bertz CT molecular complexity index is 572. The molecule has 100 valence electrons. The van der Waals surface area contributed by atoms with Gasteiger partial charge in [-0.2, -0.15) is 0 Å². The molecule has 0 fully saturated rings. The molecule has 0 spiro atoms. The van der Waals surface area contributed by atoms with E-state index in [1.165, 1.54) is 0 Å². The van der Waals surface area contributed by atoms with Crippen LogP contribution in [-0.2, 0) is 4.74 Å². The molecule has 0 radical (unpaired) electrons. The molecule has 0 saturated carbocycles. The number of Topliss-reactive ketones (excluding diaryl/α,β-unsaturated/α-hetero) is 1. The lowest BCUT2D eigenvalue weighted by atomic mass is 9.94. The van der Waals surface area contributed by atoms with Gasteiger partial charge in [0.2, 0.25) is 0 Å². The summed E-state index contributed by atoms with van der Waals surface area (Å²) in [7, 11) is 0. The number of carbonyl (C=O) groups excluding carboxylic acids is 1. The van der Waals surface area contributed by atoms with E-state index in [0.29, 0.717) is 12.2 Å². The summed E-state index contributed by atoms with van der Waals surface area (Å²) >= 11 is 0. The summed E-state index contributed by atoms with van der Waals surface area (Å²) in [5.74, 6) is 0.190. The van der Waals surface area contributed by atoms with Gasteiger partial charge in [-0.05, 0) is 24.3 Å². The summed E-state index contributed by atoms with van der Waals surface area (Å²) in [5.41, 5.74) is 0.692. The van der Waals surface area contributed by atoms with Gasteiger partial charge in [0.05, 0.1) is 0 Å². The minimum atomic E-state index is -0.393. The van der Waals surface area contributed by atoms with Crippen molar-refractivity contribution < 1.29 is 9.53 Å². The monoisotopic (exact) mass is 257 g/mol. The number of ether oxygens (including phenoxy) is 1. The van der Waals surface area contributed by atoms with E-state index in [0.717, 1.165) is 10.8 Å². The predicted octanol–water partition coefficient (Wildman–Crippen LogP) is 3.48. The fraction of sp³-hybridized carbons (Fsp3) is 0.375. The number of hydrogen-bond acceptors (Lipinski definition) is 3. The maximum absolute atomic E-state index is 12.6. The van der Waals surface area contributed by atoms with E-state index in [9.17, 15) is 4.79 Å². The molecule has 0 aliphatic heterocycles. The van der Waals surface area contributed by atoms with Crippen LogP contribution in [0.5, 0.6) is 0 Å². The normalized spacial score (nSPS) is 12.8. The standard InChI is InChI=1S/C16H19NO2/c1-4-19-16(11(2)3)15(18)13-7-5-6-12-8-9-17-10-14(12)13/h5-11,16H,4H2,1-3H3. The molecule has 19 heavy (non-hydrogen) atoms. The van der Waals surface area contributed by atoms with Gasteiger partial charge in [0.15, 0.2) is 5.78 Å². The van der Waals surface area contributed by atoms with Crippen molar-refractivity contribution in [3.63, 3.8) is 0 Å². The maximum Gasteiger partial charge on any atom is 0.192 e. The lowest BCUT2D eigenvalue weighted by Gasteiger charge is -2.20. The summed E-state index contributed by atoms with van der Waals surface area (Å²) in [6.45, 7) is 6.45. The summed E-state index contributed by atoms with van der Waals surface area (Å²) in [4.78, 5) is 16.8. The van der Waals surface area contributed by atoms with Gasteiger partial charge in [-0.15, -0.1) is 0 Å². The lowest BCUT2D eigenvalue weighted by Crippen LogP contribution is -2.30. The van der Waals surface area contributed by atoms with Crippen LogP contribution in [0.4, 0.5) is 0 Å².